The summed E-state index contributed by atoms with van der Waals surface area (Å²) in [6.07, 6.45) is 2.99. The summed E-state index contributed by atoms with van der Waals surface area (Å²) in [6.45, 7) is 1.33. The minimum absolute atomic E-state index is 0.0755. The second kappa shape index (κ2) is 10.2. The lowest BCUT2D eigenvalue weighted by atomic mass is 10.1. The maximum atomic E-state index is 12.9. The number of methoxy groups -OCH3 is 2. The number of benzene rings is 2. The highest BCUT2D eigenvalue weighted by molar-refractivity contribution is 7.89. The number of aryl methyl sites for hydroxylation is 1. The standard InChI is InChI=1S/C22H30N2O6S2/c1-23(14-6-7-18-8-13-21(29-2)22(17-18)30-3)31(25,26)19-9-11-20(12-10-19)32(27,28)24-15-4-5-16-24/h8-13,17H,4-7,14-16H2,1-3H3. The predicted molar refractivity (Wildman–Crippen MR) is 122 cm³/mol. The maximum Gasteiger partial charge on any atom is 0.243 e. The molecule has 1 aliphatic heterocycles. The van der Waals surface area contributed by atoms with Crippen LogP contribution in [0.15, 0.2) is 52.3 Å². The largest absolute Gasteiger partial charge is 0.493 e. The Balaban J connectivity index is 1.63. The van der Waals surface area contributed by atoms with Crippen LogP contribution in [-0.4, -0.2) is 66.3 Å². The summed E-state index contributed by atoms with van der Waals surface area (Å²) in [4.78, 5) is 0.195. The molecule has 0 atom stereocenters. The Kier molecular flexibility index (Phi) is 7.81. The highest BCUT2D eigenvalue weighted by Gasteiger charge is 2.28. The van der Waals surface area contributed by atoms with Crippen LogP contribution >= 0.6 is 0 Å². The second-order valence-corrected chi connectivity index (χ2v) is 11.7. The average Bonchev–Trinajstić information content (AvgIpc) is 3.35. The van der Waals surface area contributed by atoms with Crippen molar-refractivity contribution < 1.29 is 26.3 Å². The molecule has 0 bridgehead atoms. The Morgan fingerprint density at radius 2 is 1.47 bits per heavy atom. The molecular weight excluding hydrogens is 452 g/mol. The lowest BCUT2D eigenvalue weighted by molar-refractivity contribution is 0.354. The molecular formula is C22H30N2O6S2. The number of rotatable bonds is 10. The van der Waals surface area contributed by atoms with Crippen molar-refractivity contribution in [1.82, 2.24) is 8.61 Å². The first-order valence-electron chi connectivity index (χ1n) is 10.5. The molecule has 1 heterocycles. The summed E-state index contributed by atoms with van der Waals surface area (Å²) < 4.78 is 64.4. The molecule has 2 aromatic rings. The van der Waals surface area contributed by atoms with Gasteiger partial charge in [0.05, 0.1) is 24.0 Å². The molecule has 2 aromatic carbocycles. The summed E-state index contributed by atoms with van der Waals surface area (Å²) >= 11 is 0. The smallest absolute Gasteiger partial charge is 0.243 e. The average molecular weight is 483 g/mol. The van der Waals surface area contributed by atoms with Crippen molar-refractivity contribution in [3.05, 3.63) is 48.0 Å². The van der Waals surface area contributed by atoms with E-state index >= 15 is 0 Å². The van der Waals surface area contributed by atoms with Gasteiger partial charge in [0.2, 0.25) is 20.0 Å². The zero-order valence-electron chi connectivity index (χ0n) is 18.7. The van der Waals surface area contributed by atoms with E-state index in [0.29, 0.717) is 44.0 Å². The van der Waals surface area contributed by atoms with E-state index in [9.17, 15) is 16.8 Å². The molecule has 0 aromatic heterocycles. The van der Waals surface area contributed by atoms with Crippen molar-refractivity contribution in [3.8, 4) is 11.5 Å². The molecule has 0 radical (unpaired) electrons. The van der Waals surface area contributed by atoms with Gasteiger partial charge < -0.3 is 9.47 Å². The van der Waals surface area contributed by atoms with E-state index < -0.39 is 20.0 Å². The van der Waals surface area contributed by atoms with E-state index in [4.69, 9.17) is 9.47 Å². The molecule has 1 saturated heterocycles. The van der Waals surface area contributed by atoms with Crippen molar-refractivity contribution in [2.75, 3.05) is 40.9 Å². The lowest BCUT2D eigenvalue weighted by Gasteiger charge is -2.18. The second-order valence-electron chi connectivity index (χ2n) is 7.70. The van der Waals surface area contributed by atoms with Crippen molar-refractivity contribution in [2.24, 2.45) is 0 Å². The van der Waals surface area contributed by atoms with Crippen LogP contribution in [0.2, 0.25) is 0 Å². The third kappa shape index (κ3) is 5.25. The van der Waals surface area contributed by atoms with Gasteiger partial charge in [-0.3, -0.25) is 0 Å². The van der Waals surface area contributed by atoms with Gasteiger partial charge in [0.15, 0.2) is 11.5 Å². The summed E-state index contributed by atoms with van der Waals surface area (Å²) in [5.74, 6) is 1.28. The SMILES string of the molecule is COc1ccc(CCCN(C)S(=O)(=O)c2ccc(S(=O)(=O)N3CCCC3)cc2)cc1OC. The molecule has 0 amide bonds. The molecule has 0 N–H and O–H groups in total. The van der Waals surface area contributed by atoms with Gasteiger partial charge >= 0.3 is 0 Å². The highest BCUT2D eigenvalue weighted by atomic mass is 32.2. The van der Waals surface area contributed by atoms with Gasteiger partial charge in [0.25, 0.3) is 0 Å². The van der Waals surface area contributed by atoms with Crippen molar-refractivity contribution >= 4 is 20.0 Å². The van der Waals surface area contributed by atoms with Crippen LogP contribution in [-0.2, 0) is 26.5 Å². The summed E-state index contributed by atoms with van der Waals surface area (Å²) in [6, 6.07) is 11.1. The third-order valence-electron chi connectivity index (χ3n) is 5.62. The van der Waals surface area contributed by atoms with Crippen LogP contribution in [0.4, 0.5) is 0 Å². The Morgan fingerprint density at radius 1 is 0.875 bits per heavy atom. The number of sulfonamides is 2. The Bertz CT molecular complexity index is 1130. The zero-order valence-corrected chi connectivity index (χ0v) is 20.3. The molecule has 0 saturated carbocycles. The first-order valence-corrected chi connectivity index (χ1v) is 13.4. The number of hydrogen-bond donors (Lipinski definition) is 0. The third-order valence-corrected chi connectivity index (χ3v) is 9.41. The molecule has 1 fully saturated rings. The van der Waals surface area contributed by atoms with Gasteiger partial charge in [0, 0.05) is 26.7 Å². The van der Waals surface area contributed by atoms with Crippen LogP contribution in [0.1, 0.15) is 24.8 Å². The fourth-order valence-electron chi connectivity index (χ4n) is 3.70. The van der Waals surface area contributed by atoms with Crippen molar-refractivity contribution in [2.45, 2.75) is 35.5 Å². The minimum Gasteiger partial charge on any atom is -0.493 e. The lowest BCUT2D eigenvalue weighted by Crippen LogP contribution is -2.29. The van der Waals surface area contributed by atoms with E-state index in [1.807, 2.05) is 18.2 Å². The van der Waals surface area contributed by atoms with Gasteiger partial charge in [-0.1, -0.05) is 6.07 Å². The molecule has 8 nitrogen and oxygen atoms in total. The fraction of sp³-hybridized carbons (Fsp3) is 0.455. The van der Waals surface area contributed by atoms with E-state index in [1.54, 1.807) is 14.2 Å². The minimum atomic E-state index is -3.72. The van der Waals surface area contributed by atoms with Crippen LogP contribution in [0.3, 0.4) is 0 Å². The van der Waals surface area contributed by atoms with E-state index in [0.717, 1.165) is 18.4 Å². The zero-order chi connectivity index (χ0) is 23.4. The Labute approximate surface area is 190 Å². The monoisotopic (exact) mass is 482 g/mol. The van der Waals surface area contributed by atoms with Gasteiger partial charge in [-0.2, -0.15) is 4.31 Å². The van der Waals surface area contributed by atoms with Crippen LogP contribution < -0.4 is 9.47 Å². The molecule has 10 heteroatoms. The van der Waals surface area contributed by atoms with E-state index in [-0.39, 0.29) is 9.79 Å². The first kappa shape index (κ1) is 24.5. The Hall–Kier alpha value is -2.14. The van der Waals surface area contributed by atoms with Gasteiger partial charge in [-0.05, 0) is 67.6 Å². The molecule has 0 aliphatic carbocycles. The molecule has 3 rings (SSSR count). The van der Waals surface area contributed by atoms with Crippen LogP contribution in [0.25, 0.3) is 0 Å². The maximum absolute atomic E-state index is 12.9. The van der Waals surface area contributed by atoms with Crippen LogP contribution in [0, 0.1) is 0 Å². The summed E-state index contributed by atoms with van der Waals surface area (Å²) in [5, 5.41) is 0. The predicted octanol–water partition coefficient (Wildman–Crippen LogP) is 2.74. The topological polar surface area (TPSA) is 93.2 Å². The van der Waals surface area contributed by atoms with E-state index in [2.05, 4.69) is 0 Å². The molecule has 0 spiro atoms. The summed E-state index contributed by atoms with van der Waals surface area (Å²) in [5.41, 5.74) is 1.02. The van der Waals surface area contributed by atoms with Gasteiger partial charge in [0.1, 0.15) is 0 Å². The van der Waals surface area contributed by atoms with Crippen LogP contribution in [0.5, 0.6) is 11.5 Å². The normalized spacial score (nSPS) is 15.2. The fourth-order valence-corrected chi connectivity index (χ4v) is 6.43. The number of hydrogen-bond acceptors (Lipinski definition) is 6. The molecule has 176 valence electrons. The molecule has 0 unspecified atom stereocenters. The quantitative estimate of drug-likeness (QED) is 0.517. The van der Waals surface area contributed by atoms with Gasteiger partial charge in [-0.25, -0.2) is 21.1 Å². The summed E-state index contributed by atoms with van der Waals surface area (Å²) in [7, 11) is -2.61. The molecule has 32 heavy (non-hydrogen) atoms. The van der Waals surface area contributed by atoms with E-state index in [1.165, 1.54) is 39.9 Å². The number of ether oxygens (including phenoxy) is 2. The molecule has 1 aliphatic rings. The number of nitrogens with zero attached hydrogens (tertiary/aromatic N) is 2. The van der Waals surface area contributed by atoms with Gasteiger partial charge in [-0.15, -0.1) is 0 Å². The van der Waals surface area contributed by atoms with Crippen molar-refractivity contribution in [3.63, 3.8) is 0 Å². The Morgan fingerprint density at radius 3 is 2.06 bits per heavy atom. The van der Waals surface area contributed by atoms with Crippen molar-refractivity contribution in [1.29, 1.82) is 0 Å². The highest BCUT2D eigenvalue weighted by Crippen LogP contribution is 2.28. The first-order chi connectivity index (χ1) is 15.2.